The minimum atomic E-state index is -0.791. The van der Waals surface area contributed by atoms with E-state index in [-0.39, 0.29) is 5.92 Å². The van der Waals surface area contributed by atoms with Crippen molar-refractivity contribution >= 4 is 5.97 Å². The van der Waals surface area contributed by atoms with Crippen molar-refractivity contribution < 1.29 is 14.4 Å². The van der Waals surface area contributed by atoms with Gasteiger partial charge in [0.15, 0.2) is 0 Å². The molecule has 7 heteroatoms. The van der Waals surface area contributed by atoms with Crippen LogP contribution >= 0.6 is 0 Å². The van der Waals surface area contributed by atoms with Gasteiger partial charge in [-0.3, -0.25) is 9.48 Å². The summed E-state index contributed by atoms with van der Waals surface area (Å²) in [5.74, 6) is -0.194. The maximum atomic E-state index is 11.3. The maximum Gasteiger partial charge on any atom is 0.307 e. The zero-order valence-corrected chi connectivity index (χ0v) is 11.4. The highest BCUT2D eigenvalue weighted by molar-refractivity contribution is 5.71. The van der Waals surface area contributed by atoms with Crippen LogP contribution in [0.2, 0.25) is 0 Å². The quantitative estimate of drug-likeness (QED) is 0.916. The molecule has 0 saturated heterocycles. The summed E-state index contributed by atoms with van der Waals surface area (Å²) in [6.45, 7) is 2.05. The summed E-state index contributed by atoms with van der Waals surface area (Å²) in [6.07, 6.45) is 4.87. The predicted molar refractivity (Wildman–Crippen MR) is 68.8 cm³/mol. The zero-order valence-electron chi connectivity index (χ0n) is 11.4. The van der Waals surface area contributed by atoms with Crippen molar-refractivity contribution in [3.8, 4) is 11.4 Å². The highest BCUT2D eigenvalue weighted by Crippen LogP contribution is 2.42. The van der Waals surface area contributed by atoms with Crippen molar-refractivity contribution in [1.82, 2.24) is 19.9 Å². The Bertz CT molecular complexity index is 633. The summed E-state index contributed by atoms with van der Waals surface area (Å²) in [5, 5.41) is 17.3. The molecule has 0 spiro atoms. The Morgan fingerprint density at radius 1 is 1.50 bits per heavy atom. The van der Waals surface area contributed by atoms with E-state index in [4.69, 9.17) is 4.52 Å². The van der Waals surface area contributed by atoms with Crippen molar-refractivity contribution in [2.24, 2.45) is 18.9 Å². The molecule has 3 rings (SSSR count). The summed E-state index contributed by atoms with van der Waals surface area (Å²) < 4.78 is 6.94. The number of nitrogens with zero attached hydrogens (tertiary/aromatic N) is 4. The number of hydrogen-bond donors (Lipinski definition) is 1. The van der Waals surface area contributed by atoms with Crippen LogP contribution in [-0.2, 0) is 11.8 Å². The Labute approximate surface area is 115 Å². The number of aryl methyl sites for hydroxylation is 1. The average Bonchev–Trinajstić information content (AvgIpc) is 3.06. The molecule has 3 atom stereocenters. The van der Waals surface area contributed by atoms with Crippen LogP contribution in [0.3, 0.4) is 0 Å². The summed E-state index contributed by atoms with van der Waals surface area (Å²) in [7, 11) is 1.81. The van der Waals surface area contributed by atoms with Gasteiger partial charge in [0, 0.05) is 13.2 Å². The Morgan fingerprint density at radius 2 is 2.30 bits per heavy atom. The van der Waals surface area contributed by atoms with Gasteiger partial charge in [-0.2, -0.15) is 10.1 Å². The first-order valence-electron chi connectivity index (χ1n) is 6.60. The number of rotatable bonds is 3. The molecule has 7 nitrogen and oxygen atoms in total. The van der Waals surface area contributed by atoms with Gasteiger partial charge in [0.1, 0.15) is 0 Å². The van der Waals surface area contributed by atoms with Crippen LogP contribution in [0.1, 0.15) is 31.6 Å². The molecule has 0 aliphatic heterocycles. The first-order valence-corrected chi connectivity index (χ1v) is 6.60. The number of carboxylic acid groups (broad SMARTS) is 1. The molecule has 1 aliphatic carbocycles. The third-order valence-corrected chi connectivity index (χ3v) is 3.84. The van der Waals surface area contributed by atoms with Crippen LogP contribution < -0.4 is 0 Å². The lowest BCUT2D eigenvalue weighted by Crippen LogP contribution is -2.17. The van der Waals surface area contributed by atoms with Gasteiger partial charge in [-0.05, 0) is 18.8 Å². The molecule has 1 fully saturated rings. The molecule has 2 aromatic rings. The number of aromatic nitrogens is 4. The minimum Gasteiger partial charge on any atom is -0.481 e. The molecule has 3 unspecified atom stereocenters. The molecular weight excluding hydrogens is 260 g/mol. The largest absolute Gasteiger partial charge is 0.481 e. The molecule has 0 aromatic carbocycles. The van der Waals surface area contributed by atoms with Crippen LogP contribution in [0.5, 0.6) is 0 Å². The van der Waals surface area contributed by atoms with Crippen molar-refractivity contribution in [3.63, 3.8) is 0 Å². The summed E-state index contributed by atoms with van der Waals surface area (Å²) >= 11 is 0. The predicted octanol–water partition coefficient (Wildman–Crippen LogP) is 1.68. The van der Waals surface area contributed by atoms with Crippen LogP contribution in [0.25, 0.3) is 11.4 Å². The molecule has 20 heavy (non-hydrogen) atoms. The van der Waals surface area contributed by atoms with Crippen molar-refractivity contribution in [2.45, 2.75) is 25.7 Å². The Balaban J connectivity index is 1.88. The highest BCUT2D eigenvalue weighted by atomic mass is 16.5. The molecule has 106 valence electrons. The van der Waals surface area contributed by atoms with E-state index in [1.165, 1.54) is 0 Å². The lowest BCUT2D eigenvalue weighted by Gasteiger charge is -2.09. The van der Waals surface area contributed by atoms with E-state index >= 15 is 0 Å². The van der Waals surface area contributed by atoms with Crippen LogP contribution in [0.4, 0.5) is 0 Å². The van der Waals surface area contributed by atoms with Gasteiger partial charge in [0.2, 0.25) is 11.7 Å². The van der Waals surface area contributed by atoms with Crippen molar-refractivity contribution in [3.05, 3.63) is 18.3 Å². The topological polar surface area (TPSA) is 94.0 Å². The SMILES string of the molecule is CC1CC(C(=O)O)C(c2nc(-c3cnn(C)c3)no2)C1. The second kappa shape index (κ2) is 4.73. The van der Waals surface area contributed by atoms with E-state index in [0.717, 1.165) is 12.0 Å². The van der Waals surface area contributed by atoms with Gasteiger partial charge in [-0.25, -0.2) is 0 Å². The molecular formula is C13H16N4O3. The maximum absolute atomic E-state index is 11.3. The monoisotopic (exact) mass is 276 g/mol. The van der Waals surface area contributed by atoms with Gasteiger partial charge in [-0.1, -0.05) is 12.1 Å². The average molecular weight is 276 g/mol. The fourth-order valence-corrected chi connectivity index (χ4v) is 2.88. The number of carbonyl (C=O) groups is 1. The van der Waals surface area contributed by atoms with Gasteiger partial charge in [-0.15, -0.1) is 0 Å². The van der Waals surface area contributed by atoms with E-state index in [1.807, 2.05) is 14.0 Å². The molecule has 0 amide bonds. The van der Waals surface area contributed by atoms with Crippen molar-refractivity contribution in [2.75, 3.05) is 0 Å². The first-order chi connectivity index (χ1) is 9.54. The zero-order chi connectivity index (χ0) is 14.3. The Kier molecular flexibility index (Phi) is 3.04. The van der Waals surface area contributed by atoms with E-state index < -0.39 is 11.9 Å². The van der Waals surface area contributed by atoms with Gasteiger partial charge >= 0.3 is 5.97 Å². The Hall–Kier alpha value is -2.18. The molecule has 1 aliphatic rings. The lowest BCUT2D eigenvalue weighted by atomic mass is 9.96. The fraction of sp³-hybridized carbons (Fsp3) is 0.538. The lowest BCUT2D eigenvalue weighted by molar-refractivity contribution is -0.142. The smallest absolute Gasteiger partial charge is 0.307 e. The van der Waals surface area contributed by atoms with Crippen LogP contribution in [0, 0.1) is 11.8 Å². The van der Waals surface area contributed by atoms with Crippen molar-refractivity contribution in [1.29, 1.82) is 0 Å². The van der Waals surface area contributed by atoms with Crippen LogP contribution in [-0.4, -0.2) is 31.0 Å². The minimum absolute atomic E-state index is 0.194. The number of hydrogen-bond acceptors (Lipinski definition) is 5. The fourth-order valence-electron chi connectivity index (χ4n) is 2.88. The summed E-state index contributed by atoms with van der Waals surface area (Å²) in [4.78, 5) is 15.7. The van der Waals surface area contributed by atoms with Gasteiger partial charge < -0.3 is 9.63 Å². The van der Waals surface area contributed by atoms with E-state index in [1.54, 1.807) is 17.1 Å². The molecule has 2 heterocycles. The molecule has 0 radical (unpaired) electrons. The third-order valence-electron chi connectivity index (χ3n) is 3.84. The second-order valence-electron chi connectivity index (χ2n) is 5.49. The van der Waals surface area contributed by atoms with Gasteiger partial charge in [0.05, 0.1) is 23.6 Å². The van der Waals surface area contributed by atoms with E-state index in [9.17, 15) is 9.90 Å². The summed E-state index contributed by atoms with van der Waals surface area (Å²) in [5.41, 5.74) is 0.764. The standard InChI is InChI=1S/C13H16N4O3/c1-7-3-9(10(4-7)13(18)19)12-15-11(16-20-12)8-5-14-17(2)6-8/h5-7,9-10H,3-4H2,1-2H3,(H,18,19). The number of aliphatic carboxylic acids is 1. The molecule has 1 saturated carbocycles. The van der Waals surface area contributed by atoms with E-state index in [0.29, 0.717) is 24.1 Å². The van der Waals surface area contributed by atoms with E-state index in [2.05, 4.69) is 15.2 Å². The highest BCUT2D eigenvalue weighted by Gasteiger charge is 2.41. The van der Waals surface area contributed by atoms with Crippen LogP contribution in [0.15, 0.2) is 16.9 Å². The second-order valence-corrected chi connectivity index (χ2v) is 5.49. The first kappa shape index (κ1) is 12.8. The summed E-state index contributed by atoms with van der Waals surface area (Å²) in [6, 6.07) is 0. The Morgan fingerprint density at radius 3 is 2.95 bits per heavy atom. The number of carboxylic acids is 1. The third kappa shape index (κ3) is 2.19. The van der Waals surface area contributed by atoms with Gasteiger partial charge in [0.25, 0.3) is 0 Å². The normalized spacial score (nSPS) is 26.0. The molecule has 2 aromatic heterocycles. The molecule has 1 N–H and O–H groups in total. The molecule has 0 bridgehead atoms.